The van der Waals surface area contributed by atoms with Crippen molar-refractivity contribution in [3.05, 3.63) is 106 Å². The first-order chi connectivity index (χ1) is 17.4. The SMILES string of the molecule is CCc1ccc(C2C(=C(O)c3ccc(OCc4ccccc4C)cc3)C(=O)C(=O)N2CCOC)cc1. The molecule has 1 fully saturated rings. The maximum atomic E-state index is 13.1. The topological polar surface area (TPSA) is 76.1 Å². The van der Waals surface area contributed by atoms with Crippen LogP contribution < -0.4 is 4.74 Å². The maximum Gasteiger partial charge on any atom is 0.295 e. The Kier molecular flexibility index (Phi) is 7.86. The molecule has 0 spiro atoms. The van der Waals surface area contributed by atoms with Gasteiger partial charge in [-0.3, -0.25) is 9.59 Å². The number of aliphatic hydroxyl groups excluding tert-OH is 1. The molecule has 0 saturated carbocycles. The molecule has 0 radical (unpaired) electrons. The van der Waals surface area contributed by atoms with Crippen LogP contribution in [-0.4, -0.2) is 42.0 Å². The van der Waals surface area contributed by atoms with E-state index in [1.807, 2.05) is 55.5 Å². The molecule has 4 rings (SSSR count). The summed E-state index contributed by atoms with van der Waals surface area (Å²) >= 11 is 0. The van der Waals surface area contributed by atoms with Crippen LogP contribution >= 0.6 is 0 Å². The van der Waals surface area contributed by atoms with E-state index in [1.54, 1.807) is 31.4 Å². The molecule has 36 heavy (non-hydrogen) atoms. The number of likely N-dealkylation sites (tertiary alicyclic amines) is 1. The van der Waals surface area contributed by atoms with Crippen LogP contribution in [0.5, 0.6) is 5.75 Å². The molecule has 1 amide bonds. The van der Waals surface area contributed by atoms with Gasteiger partial charge in [0.25, 0.3) is 11.7 Å². The van der Waals surface area contributed by atoms with Gasteiger partial charge in [-0.1, -0.05) is 55.5 Å². The van der Waals surface area contributed by atoms with Gasteiger partial charge in [0.05, 0.1) is 18.2 Å². The third-order valence-corrected chi connectivity index (χ3v) is 6.56. The van der Waals surface area contributed by atoms with Crippen molar-refractivity contribution in [2.24, 2.45) is 0 Å². The number of rotatable bonds is 9. The van der Waals surface area contributed by atoms with E-state index in [-0.39, 0.29) is 24.5 Å². The van der Waals surface area contributed by atoms with Crippen LogP contribution in [0.15, 0.2) is 78.4 Å². The third-order valence-electron chi connectivity index (χ3n) is 6.56. The monoisotopic (exact) mass is 485 g/mol. The first-order valence-corrected chi connectivity index (χ1v) is 12.1. The van der Waals surface area contributed by atoms with Crippen LogP contribution in [-0.2, 0) is 27.4 Å². The Balaban J connectivity index is 1.64. The van der Waals surface area contributed by atoms with Crippen molar-refractivity contribution in [2.75, 3.05) is 20.3 Å². The summed E-state index contributed by atoms with van der Waals surface area (Å²) in [5.41, 5.74) is 4.68. The lowest BCUT2D eigenvalue weighted by Gasteiger charge is -2.25. The largest absolute Gasteiger partial charge is 0.507 e. The second-order valence-corrected chi connectivity index (χ2v) is 8.82. The number of amides is 1. The third kappa shape index (κ3) is 5.19. The van der Waals surface area contributed by atoms with Crippen molar-refractivity contribution in [3.8, 4) is 5.75 Å². The summed E-state index contributed by atoms with van der Waals surface area (Å²) in [7, 11) is 1.55. The number of aryl methyl sites for hydroxylation is 2. The second-order valence-electron chi connectivity index (χ2n) is 8.82. The Hall–Kier alpha value is -3.90. The predicted molar refractivity (Wildman–Crippen MR) is 139 cm³/mol. The molecule has 1 saturated heterocycles. The number of hydrogen-bond acceptors (Lipinski definition) is 5. The number of ketones is 1. The van der Waals surface area contributed by atoms with Gasteiger partial charge in [0.2, 0.25) is 0 Å². The summed E-state index contributed by atoms with van der Waals surface area (Å²) in [5, 5.41) is 11.2. The Labute approximate surface area is 211 Å². The lowest BCUT2D eigenvalue weighted by Crippen LogP contribution is -2.32. The molecule has 1 heterocycles. The molecule has 0 aliphatic carbocycles. The molecule has 0 aromatic heterocycles. The summed E-state index contributed by atoms with van der Waals surface area (Å²) in [6.45, 7) is 5.05. The Morgan fingerprint density at radius 3 is 2.31 bits per heavy atom. The number of aliphatic hydroxyl groups is 1. The zero-order valence-electron chi connectivity index (χ0n) is 20.9. The van der Waals surface area contributed by atoms with E-state index in [0.29, 0.717) is 17.9 Å². The van der Waals surface area contributed by atoms with Gasteiger partial charge in [-0.05, 0) is 59.9 Å². The van der Waals surface area contributed by atoms with Crippen LogP contribution in [0.3, 0.4) is 0 Å². The van der Waals surface area contributed by atoms with Gasteiger partial charge >= 0.3 is 0 Å². The summed E-state index contributed by atoms with van der Waals surface area (Å²) in [6, 6.07) is 22.0. The average Bonchev–Trinajstić information content (AvgIpc) is 3.16. The van der Waals surface area contributed by atoms with E-state index in [4.69, 9.17) is 9.47 Å². The molecule has 1 atom stereocenters. The zero-order chi connectivity index (χ0) is 25.7. The maximum absolute atomic E-state index is 13.1. The van der Waals surface area contributed by atoms with Gasteiger partial charge in [-0.25, -0.2) is 0 Å². The van der Waals surface area contributed by atoms with Crippen molar-refractivity contribution in [2.45, 2.75) is 32.9 Å². The minimum absolute atomic E-state index is 0.0777. The van der Waals surface area contributed by atoms with Crippen LogP contribution in [0.2, 0.25) is 0 Å². The Morgan fingerprint density at radius 2 is 1.67 bits per heavy atom. The van der Waals surface area contributed by atoms with E-state index in [0.717, 1.165) is 28.7 Å². The van der Waals surface area contributed by atoms with E-state index in [1.165, 1.54) is 4.90 Å². The summed E-state index contributed by atoms with van der Waals surface area (Å²) in [6.07, 6.45) is 0.877. The molecule has 3 aromatic rings. The van der Waals surface area contributed by atoms with Crippen molar-refractivity contribution in [1.82, 2.24) is 4.90 Å². The van der Waals surface area contributed by atoms with Gasteiger partial charge in [-0.2, -0.15) is 0 Å². The van der Waals surface area contributed by atoms with Crippen molar-refractivity contribution < 1.29 is 24.2 Å². The second kappa shape index (κ2) is 11.2. The molecular formula is C30H31NO5. The fourth-order valence-corrected chi connectivity index (χ4v) is 4.38. The summed E-state index contributed by atoms with van der Waals surface area (Å²) in [5.74, 6) is -0.908. The average molecular weight is 486 g/mol. The number of hydrogen-bond donors (Lipinski definition) is 1. The molecule has 1 aliphatic rings. The van der Waals surface area contributed by atoms with E-state index in [9.17, 15) is 14.7 Å². The van der Waals surface area contributed by atoms with Gasteiger partial charge in [0.1, 0.15) is 18.1 Å². The van der Waals surface area contributed by atoms with Crippen molar-refractivity contribution >= 4 is 17.4 Å². The quantitative estimate of drug-likeness (QED) is 0.256. The predicted octanol–water partition coefficient (Wildman–Crippen LogP) is 5.20. The highest BCUT2D eigenvalue weighted by Crippen LogP contribution is 2.39. The number of nitrogens with zero attached hydrogens (tertiary/aromatic N) is 1. The highest BCUT2D eigenvalue weighted by Gasteiger charge is 2.45. The van der Waals surface area contributed by atoms with Gasteiger partial charge < -0.3 is 19.5 Å². The van der Waals surface area contributed by atoms with E-state index < -0.39 is 17.7 Å². The number of Topliss-reactive ketones (excluding diaryl/α,β-unsaturated/α-hetero) is 1. The minimum atomic E-state index is -0.701. The van der Waals surface area contributed by atoms with Crippen LogP contribution in [0, 0.1) is 6.92 Å². The lowest BCUT2D eigenvalue weighted by molar-refractivity contribution is -0.140. The molecule has 6 nitrogen and oxygen atoms in total. The first-order valence-electron chi connectivity index (χ1n) is 12.1. The van der Waals surface area contributed by atoms with E-state index in [2.05, 4.69) is 6.92 Å². The van der Waals surface area contributed by atoms with Crippen LogP contribution in [0.4, 0.5) is 0 Å². The molecule has 6 heteroatoms. The normalized spacial score (nSPS) is 17.0. The highest BCUT2D eigenvalue weighted by molar-refractivity contribution is 6.46. The van der Waals surface area contributed by atoms with Gasteiger partial charge in [0, 0.05) is 19.2 Å². The Bertz CT molecular complexity index is 1260. The van der Waals surface area contributed by atoms with Crippen molar-refractivity contribution in [1.29, 1.82) is 0 Å². The Morgan fingerprint density at radius 1 is 0.972 bits per heavy atom. The van der Waals surface area contributed by atoms with Gasteiger partial charge in [0.15, 0.2) is 0 Å². The number of methoxy groups -OCH3 is 1. The molecule has 1 aliphatic heterocycles. The van der Waals surface area contributed by atoms with Crippen LogP contribution in [0.1, 0.15) is 40.8 Å². The number of carbonyl (C=O) groups excluding carboxylic acids is 2. The van der Waals surface area contributed by atoms with Crippen molar-refractivity contribution in [3.63, 3.8) is 0 Å². The fraction of sp³-hybridized carbons (Fsp3) is 0.267. The lowest BCUT2D eigenvalue weighted by atomic mass is 9.94. The zero-order valence-corrected chi connectivity index (χ0v) is 20.9. The standard InChI is InChI=1S/C30H31NO5/c1-4-21-9-11-22(12-10-21)27-26(29(33)30(34)31(27)17-18-35-3)28(32)23-13-15-25(16-14-23)36-19-24-8-6-5-7-20(24)2/h5-16,27,32H,4,17-19H2,1-3H3. The number of carbonyl (C=O) groups is 2. The molecule has 1 N–H and O–H groups in total. The summed E-state index contributed by atoms with van der Waals surface area (Å²) in [4.78, 5) is 27.5. The molecule has 186 valence electrons. The first kappa shape index (κ1) is 25.2. The number of ether oxygens (including phenoxy) is 2. The number of benzene rings is 3. The minimum Gasteiger partial charge on any atom is -0.507 e. The van der Waals surface area contributed by atoms with Crippen LogP contribution in [0.25, 0.3) is 5.76 Å². The molecule has 0 bridgehead atoms. The smallest absolute Gasteiger partial charge is 0.295 e. The molecule has 1 unspecified atom stereocenters. The van der Waals surface area contributed by atoms with E-state index >= 15 is 0 Å². The molecular weight excluding hydrogens is 454 g/mol. The highest BCUT2D eigenvalue weighted by atomic mass is 16.5. The fourth-order valence-electron chi connectivity index (χ4n) is 4.38. The van der Waals surface area contributed by atoms with Gasteiger partial charge in [-0.15, -0.1) is 0 Å². The summed E-state index contributed by atoms with van der Waals surface area (Å²) < 4.78 is 11.1. The molecule has 3 aromatic carbocycles.